The van der Waals surface area contributed by atoms with Gasteiger partial charge in [0.05, 0.1) is 23.1 Å². The molecule has 0 aliphatic carbocycles. The van der Waals surface area contributed by atoms with E-state index in [1.165, 1.54) is 35.0 Å². The number of nitrogens with one attached hydrogen (secondary N) is 1. The number of para-hydroxylation sites is 1. The zero-order valence-corrected chi connectivity index (χ0v) is 16.3. The van der Waals surface area contributed by atoms with Crippen molar-refractivity contribution in [1.82, 2.24) is 13.9 Å². The van der Waals surface area contributed by atoms with Crippen LogP contribution in [0, 0.1) is 0 Å². The van der Waals surface area contributed by atoms with E-state index in [2.05, 4.69) is 10.3 Å². The smallest absolute Gasteiger partial charge is 0.274 e. The standard InChI is InChI=1S/C20H20N4O4S/c25-19-9-8-16(29(27,28)23-10-4-5-11-23)12-17(19)22-20(26)18-13-21-14-24(18)15-6-2-1-3-7-15/h1-3,6-9,12-14,25H,4-5,10-11H2,(H,22,26). The van der Waals surface area contributed by atoms with Crippen LogP contribution in [0.1, 0.15) is 23.3 Å². The first kappa shape index (κ1) is 19.2. The molecule has 1 amide bonds. The molecule has 1 aliphatic heterocycles. The molecule has 8 nitrogen and oxygen atoms in total. The molecular weight excluding hydrogens is 392 g/mol. The van der Waals surface area contributed by atoms with E-state index in [-0.39, 0.29) is 22.0 Å². The van der Waals surface area contributed by atoms with Gasteiger partial charge in [-0.3, -0.25) is 9.36 Å². The monoisotopic (exact) mass is 412 g/mol. The number of carbonyl (C=O) groups excluding carboxylic acids is 1. The summed E-state index contributed by atoms with van der Waals surface area (Å²) in [6.07, 6.45) is 4.57. The zero-order chi connectivity index (χ0) is 20.4. The van der Waals surface area contributed by atoms with Crippen molar-refractivity contribution in [1.29, 1.82) is 0 Å². The lowest BCUT2D eigenvalue weighted by Gasteiger charge is -2.17. The summed E-state index contributed by atoms with van der Waals surface area (Å²) in [6, 6.07) is 13.1. The van der Waals surface area contributed by atoms with Gasteiger partial charge in [0, 0.05) is 18.8 Å². The van der Waals surface area contributed by atoms with Gasteiger partial charge >= 0.3 is 0 Å². The Hall–Kier alpha value is -3.17. The second kappa shape index (κ2) is 7.69. The Kier molecular flexibility index (Phi) is 5.08. The summed E-state index contributed by atoms with van der Waals surface area (Å²) in [4.78, 5) is 16.9. The molecule has 0 radical (unpaired) electrons. The largest absolute Gasteiger partial charge is 0.506 e. The number of aromatic nitrogens is 2. The van der Waals surface area contributed by atoms with Crippen molar-refractivity contribution in [3.05, 3.63) is 66.7 Å². The van der Waals surface area contributed by atoms with Gasteiger partial charge in [0.1, 0.15) is 11.4 Å². The summed E-state index contributed by atoms with van der Waals surface area (Å²) in [6.45, 7) is 0.947. The molecule has 0 saturated carbocycles. The zero-order valence-electron chi connectivity index (χ0n) is 15.5. The second-order valence-corrected chi connectivity index (χ2v) is 8.67. The SMILES string of the molecule is O=C(Nc1cc(S(=O)(=O)N2CCCC2)ccc1O)c1cncn1-c1ccccc1. The summed E-state index contributed by atoms with van der Waals surface area (Å²) in [5.74, 6) is -0.734. The summed E-state index contributed by atoms with van der Waals surface area (Å²) in [5.41, 5.74) is 1.03. The minimum Gasteiger partial charge on any atom is -0.506 e. The average molecular weight is 412 g/mol. The van der Waals surface area contributed by atoms with Gasteiger partial charge in [0.25, 0.3) is 5.91 Å². The van der Waals surface area contributed by atoms with Crippen LogP contribution in [0.5, 0.6) is 5.75 Å². The van der Waals surface area contributed by atoms with Crippen LogP contribution >= 0.6 is 0 Å². The van der Waals surface area contributed by atoms with Gasteiger partial charge in [-0.25, -0.2) is 13.4 Å². The van der Waals surface area contributed by atoms with Gasteiger partial charge < -0.3 is 10.4 Å². The van der Waals surface area contributed by atoms with Crippen molar-refractivity contribution < 1.29 is 18.3 Å². The molecule has 0 spiro atoms. The minimum absolute atomic E-state index is 0.0242. The Balaban J connectivity index is 1.62. The molecule has 0 bridgehead atoms. The fourth-order valence-electron chi connectivity index (χ4n) is 3.30. The number of hydrogen-bond donors (Lipinski definition) is 2. The lowest BCUT2D eigenvalue weighted by Crippen LogP contribution is -2.28. The molecule has 2 heterocycles. The Morgan fingerprint density at radius 1 is 1.07 bits per heavy atom. The number of amides is 1. The highest BCUT2D eigenvalue weighted by Crippen LogP contribution is 2.29. The molecule has 9 heteroatoms. The van der Waals surface area contributed by atoms with E-state index in [0.29, 0.717) is 13.1 Å². The van der Waals surface area contributed by atoms with Crippen molar-refractivity contribution in [3.8, 4) is 11.4 Å². The summed E-state index contributed by atoms with van der Waals surface area (Å²) < 4.78 is 28.6. The fraction of sp³-hybridized carbons (Fsp3) is 0.200. The number of imidazole rings is 1. The highest BCUT2D eigenvalue weighted by atomic mass is 32.2. The second-order valence-electron chi connectivity index (χ2n) is 6.73. The Bertz CT molecular complexity index is 1140. The van der Waals surface area contributed by atoms with Crippen molar-refractivity contribution in [2.24, 2.45) is 0 Å². The highest BCUT2D eigenvalue weighted by Gasteiger charge is 2.28. The third-order valence-corrected chi connectivity index (χ3v) is 6.72. The van der Waals surface area contributed by atoms with E-state index in [1.807, 2.05) is 30.3 Å². The molecule has 4 rings (SSSR count). The van der Waals surface area contributed by atoms with E-state index < -0.39 is 15.9 Å². The molecule has 2 N–H and O–H groups in total. The first-order valence-electron chi connectivity index (χ1n) is 9.19. The highest BCUT2D eigenvalue weighted by molar-refractivity contribution is 7.89. The Labute approximate surface area is 168 Å². The van der Waals surface area contributed by atoms with Crippen LogP contribution in [0.2, 0.25) is 0 Å². The maximum Gasteiger partial charge on any atom is 0.274 e. The van der Waals surface area contributed by atoms with Crippen molar-refractivity contribution in [3.63, 3.8) is 0 Å². The molecule has 150 valence electrons. The van der Waals surface area contributed by atoms with Gasteiger partial charge in [-0.15, -0.1) is 0 Å². The van der Waals surface area contributed by atoms with E-state index >= 15 is 0 Å². The van der Waals surface area contributed by atoms with Gasteiger partial charge in [-0.2, -0.15) is 4.31 Å². The number of phenolic OH excluding ortho intramolecular Hbond substituents is 1. The number of anilines is 1. The summed E-state index contributed by atoms with van der Waals surface area (Å²) in [5, 5.41) is 12.7. The van der Waals surface area contributed by atoms with Crippen LogP contribution in [0.3, 0.4) is 0 Å². The van der Waals surface area contributed by atoms with Crippen LogP contribution in [0.25, 0.3) is 5.69 Å². The van der Waals surface area contributed by atoms with Gasteiger partial charge in [-0.1, -0.05) is 18.2 Å². The minimum atomic E-state index is -3.67. The van der Waals surface area contributed by atoms with E-state index in [0.717, 1.165) is 18.5 Å². The predicted octanol–water partition coefficient (Wildman–Crippen LogP) is 2.61. The number of sulfonamides is 1. The number of nitrogens with zero attached hydrogens (tertiary/aromatic N) is 3. The number of benzene rings is 2. The van der Waals surface area contributed by atoms with Crippen molar-refractivity contribution in [2.75, 3.05) is 18.4 Å². The molecular formula is C20H20N4O4S. The lowest BCUT2D eigenvalue weighted by atomic mass is 10.2. The summed E-state index contributed by atoms with van der Waals surface area (Å²) in [7, 11) is -3.67. The lowest BCUT2D eigenvalue weighted by molar-refractivity contribution is 0.102. The van der Waals surface area contributed by atoms with Gasteiger partial charge in [0.15, 0.2) is 0 Å². The molecule has 1 saturated heterocycles. The number of hydrogen-bond acceptors (Lipinski definition) is 5. The number of aromatic hydroxyl groups is 1. The van der Waals surface area contributed by atoms with Gasteiger partial charge in [0.2, 0.25) is 10.0 Å². The number of carbonyl (C=O) groups is 1. The predicted molar refractivity (Wildman–Crippen MR) is 108 cm³/mol. The quantitative estimate of drug-likeness (QED) is 0.627. The van der Waals surface area contributed by atoms with Crippen LogP contribution in [0.4, 0.5) is 5.69 Å². The third kappa shape index (κ3) is 3.74. The molecule has 29 heavy (non-hydrogen) atoms. The van der Waals surface area contributed by atoms with Gasteiger partial charge in [-0.05, 0) is 43.2 Å². The van der Waals surface area contributed by atoms with Crippen molar-refractivity contribution >= 4 is 21.6 Å². The third-order valence-electron chi connectivity index (χ3n) is 4.82. The molecule has 2 aromatic carbocycles. The van der Waals surface area contributed by atoms with Crippen LogP contribution in [0.15, 0.2) is 66.0 Å². The van der Waals surface area contributed by atoms with Crippen LogP contribution in [-0.2, 0) is 10.0 Å². The van der Waals surface area contributed by atoms with Crippen LogP contribution in [-0.4, -0.2) is 46.4 Å². The topological polar surface area (TPSA) is 105 Å². The first-order valence-corrected chi connectivity index (χ1v) is 10.6. The number of phenols is 1. The molecule has 1 fully saturated rings. The molecule has 1 aromatic heterocycles. The Morgan fingerprint density at radius 2 is 1.79 bits per heavy atom. The Morgan fingerprint density at radius 3 is 2.52 bits per heavy atom. The molecule has 3 aromatic rings. The number of rotatable bonds is 5. The molecule has 0 atom stereocenters. The molecule has 0 unspecified atom stereocenters. The first-order chi connectivity index (χ1) is 14.0. The maximum absolute atomic E-state index is 12.8. The van der Waals surface area contributed by atoms with Crippen LogP contribution < -0.4 is 5.32 Å². The normalized spacial score (nSPS) is 14.8. The summed E-state index contributed by atoms with van der Waals surface area (Å²) >= 11 is 0. The van der Waals surface area contributed by atoms with Crippen molar-refractivity contribution in [2.45, 2.75) is 17.7 Å². The maximum atomic E-state index is 12.8. The van der Waals surface area contributed by atoms with E-state index in [9.17, 15) is 18.3 Å². The van der Waals surface area contributed by atoms with E-state index in [4.69, 9.17) is 0 Å². The average Bonchev–Trinajstić information content (AvgIpc) is 3.42. The molecule has 1 aliphatic rings. The van der Waals surface area contributed by atoms with E-state index in [1.54, 1.807) is 4.57 Å². The fourth-order valence-corrected chi connectivity index (χ4v) is 4.84.